The van der Waals surface area contributed by atoms with E-state index in [-0.39, 0.29) is 18.6 Å². The fourth-order valence-corrected chi connectivity index (χ4v) is 3.67. The van der Waals surface area contributed by atoms with E-state index >= 15 is 0 Å². The maximum atomic E-state index is 12.3. The lowest BCUT2D eigenvalue weighted by molar-refractivity contribution is -0.116. The van der Waals surface area contributed by atoms with Crippen molar-refractivity contribution in [3.63, 3.8) is 0 Å². The number of aromatic nitrogens is 5. The molecular weight excluding hydrogens is 340 g/mol. The lowest BCUT2D eigenvalue weighted by Gasteiger charge is -2.04. The first-order valence-corrected chi connectivity index (χ1v) is 8.97. The zero-order valence-corrected chi connectivity index (χ0v) is 14.8. The molecule has 8 nitrogen and oxygen atoms in total. The Labute approximate surface area is 148 Å². The van der Waals surface area contributed by atoms with Crippen molar-refractivity contribution in [1.82, 2.24) is 25.2 Å². The average Bonchev–Trinajstić information content (AvgIpc) is 3.30. The Morgan fingerprint density at radius 3 is 2.96 bits per heavy atom. The second-order valence-electron chi connectivity index (χ2n) is 6.17. The Hall–Kier alpha value is -2.39. The van der Waals surface area contributed by atoms with Crippen LogP contribution in [0.1, 0.15) is 35.1 Å². The summed E-state index contributed by atoms with van der Waals surface area (Å²) < 4.78 is 7.18. The van der Waals surface area contributed by atoms with Crippen molar-refractivity contribution in [2.75, 3.05) is 11.9 Å². The maximum Gasteiger partial charge on any atom is 0.248 e. The van der Waals surface area contributed by atoms with E-state index < -0.39 is 0 Å². The molecule has 1 aliphatic rings. The summed E-state index contributed by atoms with van der Waals surface area (Å²) in [5.74, 6) is -0.208. The SMILES string of the molecule is Cc1cc2nnn(CC(=O)Nc3nnc(C4CCCO4)s3)c2cc1C. The number of anilines is 1. The summed E-state index contributed by atoms with van der Waals surface area (Å²) in [4.78, 5) is 12.3. The molecular formula is C16H18N6O2S. The van der Waals surface area contributed by atoms with Gasteiger partial charge in [0.25, 0.3) is 0 Å². The fraction of sp³-hybridized carbons (Fsp3) is 0.438. The first-order chi connectivity index (χ1) is 12.1. The van der Waals surface area contributed by atoms with Crippen LogP contribution in [-0.2, 0) is 16.1 Å². The van der Waals surface area contributed by atoms with E-state index in [0.717, 1.165) is 46.6 Å². The molecule has 0 saturated carbocycles. The molecule has 4 rings (SSSR count). The van der Waals surface area contributed by atoms with Crippen molar-refractivity contribution < 1.29 is 9.53 Å². The van der Waals surface area contributed by atoms with Crippen LogP contribution in [0.3, 0.4) is 0 Å². The van der Waals surface area contributed by atoms with E-state index in [0.29, 0.717) is 5.13 Å². The summed E-state index contributed by atoms with van der Waals surface area (Å²) in [5.41, 5.74) is 3.92. The van der Waals surface area contributed by atoms with Crippen molar-refractivity contribution in [3.8, 4) is 0 Å². The van der Waals surface area contributed by atoms with Gasteiger partial charge in [0, 0.05) is 6.61 Å². The number of fused-ring (bicyclic) bond motifs is 1. The molecule has 1 saturated heterocycles. The van der Waals surface area contributed by atoms with Crippen molar-refractivity contribution in [3.05, 3.63) is 28.3 Å². The molecule has 25 heavy (non-hydrogen) atoms. The molecule has 0 aliphatic carbocycles. The molecule has 3 heterocycles. The van der Waals surface area contributed by atoms with E-state index in [1.165, 1.54) is 11.3 Å². The molecule has 1 amide bonds. The van der Waals surface area contributed by atoms with E-state index in [4.69, 9.17) is 4.74 Å². The first kappa shape index (κ1) is 16.1. The van der Waals surface area contributed by atoms with Crippen molar-refractivity contribution in [1.29, 1.82) is 0 Å². The number of nitrogens with one attached hydrogen (secondary N) is 1. The highest BCUT2D eigenvalue weighted by Gasteiger charge is 2.22. The van der Waals surface area contributed by atoms with Gasteiger partial charge in [0.15, 0.2) is 0 Å². The molecule has 130 valence electrons. The number of hydrogen-bond donors (Lipinski definition) is 1. The highest BCUT2D eigenvalue weighted by atomic mass is 32.1. The number of ether oxygens (including phenoxy) is 1. The highest BCUT2D eigenvalue weighted by molar-refractivity contribution is 7.15. The Morgan fingerprint density at radius 2 is 2.16 bits per heavy atom. The second kappa shape index (κ2) is 6.49. The molecule has 1 aromatic carbocycles. The average molecular weight is 358 g/mol. The van der Waals surface area contributed by atoms with Gasteiger partial charge in [-0.3, -0.25) is 10.1 Å². The van der Waals surface area contributed by atoms with Gasteiger partial charge in [-0.15, -0.1) is 15.3 Å². The van der Waals surface area contributed by atoms with Gasteiger partial charge in [-0.05, 0) is 49.9 Å². The normalized spacial score (nSPS) is 17.3. The van der Waals surface area contributed by atoms with Crippen LogP contribution in [0, 0.1) is 13.8 Å². The number of nitrogens with zero attached hydrogens (tertiary/aromatic N) is 5. The fourth-order valence-electron chi connectivity index (χ4n) is 2.82. The molecule has 0 radical (unpaired) electrons. The van der Waals surface area contributed by atoms with Gasteiger partial charge in [-0.2, -0.15) is 0 Å². The third-order valence-corrected chi connectivity index (χ3v) is 5.25. The Morgan fingerprint density at radius 1 is 1.32 bits per heavy atom. The van der Waals surface area contributed by atoms with Crippen LogP contribution >= 0.6 is 11.3 Å². The third kappa shape index (κ3) is 3.24. The summed E-state index contributed by atoms with van der Waals surface area (Å²) >= 11 is 1.35. The third-order valence-electron chi connectivity index (χ3n) is 4.31. The maximum absolute atomic E-state index is 12.3. The molecule has 1 unspecified atom stereocenters. The van der Waals surface area contributed by atoms with E-state index in [9.17, 15) is 4.79 Å². The van der Waals surface area contributed by atoms with Crippen LogP contribution in [0.15, 0.2) is 12.1 Å². The summed E-state index contributed by atoms with van der Waals surface area (Å²) in [5, 5.41) is 20.4. The number of hydrogen-bond acceptors (Lipinski definition) is 7. The van der Waals surface area contributed by atoms with E-state index in [2.05, 4.69) is 25.8 Å². The van der Waals surface area contributed by atoms with Gasteiger partial charge in [-0.25, -0.2) is 4.68 Å². The number of rotatable bonds is 4. The zero-order chi connectivity index (χ0) is 17.4. The molecule has 1 aliphatic heterocycles. The molecule has 3 aromatic rings. The van der Waals surface area contributed by atoms with Crippen molar-refractivity contribution in [2.24, 2.45) is 0 Å². The number of aryl methyl sites for hydroxylation is 2. The Kier molecular flexibility index (Phi) is 4.18. The standard InChI is InChI=1S/C16H18N6O2S/c1-9-6-11-12(7-10(9)2)22(21-18-11)8-14(23)17-16-20-19-15(25-16)13-4-3-5-24-13/h6-7,13H,3-5,8H2,1-2H3,(H,17,20,23). The summed E-state index contributed by atoms with van der Waals surface area (Å²) in [6, 6.07) is 3.98. The van der Waals surface area contributed by atoms with Gasteiger partial charge < -0.3 is 4.74 Å². The minimum Gasteiger partial charge on any atom is -0.371 e. The van der Waals surface area contributed by atoms with Gasteiger partial charge >= 0.3 is 0 Å². The molecule has 1 N–H and O–H groups in total. The molecule has 1 fully saturated rings. The smallest absolute Gasteiger partial charge is 0.248 e. The number of carbonyl (C=O) groups is 1. The van der Waals surface area contributed by atoms with Crippen LogP contribution in [0.25, 0.3) is 11.0 Å². The lowest BCUT2D eigenvalue weighted by atomic mass is 10.1. The molecule has 0 bridgehead atoms. The van der Waals surface area contributed by atoms with Crippen LogP contribution in [0.5, 0.6) is 0 Å². The van der Waals surface area contributed by atoms with Crippen molar-refractivity contribution in [2.45, 2.75) is 39.3 Å². The van der Waals surface area contributed by atoms with E-state index in [1.807, 2.05) is 26.0 Å². The molecule has 0 spiro atoms. The first-order valence-electron chi connectivity index (χ1n) is 8.15. The lowest BCUT2D eigenvalue weighted by Crippen LogP contribution is -2.19. The number of carbonyl (C=O) groups excluding carboxylic acids is 1. The highest BCUT2D eigenvalue weighted by Crippen LogP contribution is 2.31. The topological polar surface area (TPSA) is 94.8 Å². The predicted octanol–water partition coefficient (Wildman–Crippen LogP) is 2.39. The van der Waals surface area contributed by atoms with Crippen LogP contribution in [0.2, 0.25) is 0 Å². The van der Waals surface area contributed by atoms with Crippen LogP contribution < -0.4 is 5.32 Å². The number of benzene rings is 1. The minimum absolute atomic E-state index is 0.00799. The monoisotopic (exact) mass is 358 g/mol. The number of amides is 1. The van der Waals surface area contributed by atoms with Gasteiger partial charge in [-0.1, -0.05) is 16.6 Å². The molecule has 2 aromatic heterocycles. The second-order valence-corrected chi connectivity index (χ2v) is 7.18. The van der Waals surface area contributed by atoms with Gasteiger partial charge in [0.2, 0.25) is 11.0 Å². The Balaban J connectivity index is 1.46. The Bertz CT molecular complexity index is 928. The van der Waals surface area contributed by atoms with Gasteiger partial charge in [0.05, 0.1) is 5.52 Å². The van der Waals surface area contributed by atoms with Crippen LogP contribution in [0.4, 0.5) is 5.13 Å². The quantitative estimate of drug-likeness (QED) is 0.769. The van der Waals surface area contributed by atoms with Crippen molar-refractivity contribution >= 4 is 33.4 Å². The van der Waals surface area contributed by atoms with E-state index in [1.54, 1.807) is 4.68 Å². The minimum atomic E-state index is -0.208. The summed E-state index contributed by atoms with van der Waals surface area (Å²) in [7, 11) is 0. The molecule has 1 atom stereocenters. The zero-order valence-electron chi connectivity index (χ0n) is 14.0. The molecule has 9 heteroatoms. The predicted molar refractivity (Wildman–Crippen MR) is 93.5 cm³/mol. The largest absolute Gasteiger partial charge is 0.371 e. The van der Waals surface area contributed by atoms with Crippen LogP contribution in [-0.4, -0.2) is 37.7 Å². The van der Waals surface area contributed by atoms with Gasteiger partial charge in [0.1, 0.15) is 23.2 Å². The summed E-state index contributed by atoms with van der Waals surface area (Å²) in [6.07, 6.45) is 1.99. The summed E-state index contributed by atoms with van der Waals surface area (Å²) in [6.45, 7) is 4.89.